The zero-order chi connectivity index (χ0) is 11.2. The molecule has 0 aliphatic heterocycles. The van der Waals surface area contributed by atoms with E-state index in [-0.39, 0.29) is 0 Å². The van der Waals surface area contributed by atoms with Gasteiger partial charge in [-0.1, -0.05) is 13.3 Å². The monoisotopic (exact) mass is 219 g/mol. The maximum Gasteiger partial charge on any atom is 0.203 e. The number of rotatable bonds is 6. The van der Waals surface area contributed by atoms with Crippen LogP contribution in [0.15, 0.2) is 24.8 Å². The van der Waals surface area contributed by atoms with Crippen LogP contribution in [0.1, 0.15) is 25.3 Å². The number of aromatic amines is 1. The number of hydrogen-bond acceptors (Lipinski definition) is 3. The summed E-state index contributed by atoms with van der Waals surface area (Å²) in [6, 6.07) is 0. The molecule has 0 unspecified atom stereocenters. The van der Waals surface area contributed by atoms with Gasteiger partial charge in [0.1, 0.15) is 0 Å². The minimum absolute atomic E-state index is 0.750. The Bertz CT molecular complexity index is 404. The van der Waals surface area contributed by atoms with Crippen molar-refractivity contribution in [1.29, 1.82) is 0 Å². The predicted octanol–water partition coefficient (Wildman–Crippen LogP) is 2.02. The molecule has 0 saturated carbocycles. The van der Waals surface area contributed by atoms with E-state index in [1.165, 1.54) is 12.8 Å². The number of nitrogens with one attached hydrogen (secondary N) is 2. The first kappa shape index (κ1) is 10.7. The molecule has 5 heteroatoms. The maximum absolute atomic E-state index is 4.29. The first-order valence-corrected chi connectivity index (χ1v) is 5.63. The van der Waals surface area contributed by atoms with E-state index in [9.17, 15) is 0 Å². The molecule has 0 saturated heterocycles. The molecular weight excluding hydrogens is 202 g/mol. The lowest BCUT2D eigenvalue weighted by Crippen LogP contribution is -2.07. The Balaban J connectivity index is 1.91. The lowest BCUT2D eigenvalue weighted by atomic mass is 10.3. The van der Waals surface area contributed by atoms with Crippen molar-refractivity contribution < 1.29 is 0 Å². The second-order valence-electron chi connectivity index (χ2n) is 3.76. The van der Waals surface area contributed by atoms with E-state index in [0.29, 0.717) is 0 Å². The Labute approximate surface area is 94.9 Å². The number of aryl methyl sites for hydroxylation is 1. The highest BCUT2D eigenvalue weighted by Crippen LogP contribution is 2.08. The van der Waals surface area contributed by atoms with Gasteiger partial charge < -0.3 is 9.88 Å². The summed E-state index contributed by atoms with van der Waals surface area (Å²) in [5.74, 6) is 0.926. The van der Waals surface area contributed by atoms with Crippen LogP contribution in [0.5, 0.6) is 0 Å². The van der Waals surface area contributed by atoms with E-state index in [0.717, 1.165) is 24.6 Å². The zero-order valence-corrected chi connectivity index (χ0v) is 9.48. The molecule has 2 heterocycles. The van der Waals surface area contributed by atoms with Gasteiger partial charge >= 0.3 is 0 Å². The van der Waals surface area contributed by atoms with Crippen LogP contribution in [0.2, 0.25) is 0 Å². The van der Waals surface area contributed by atoms with Gasteiger partial charge in [0.15, 0.2) is 0 Å². The van der Waals surface area contributed by atoms with Crippen molar-refractivity contribution in [3.05, 3.63) is 30.4 Å². The fraction of sp³-hybridized carbons (Fsp3) is 0.455. The van der Waals surface area contributed by atoms with Crippen molar-refractivity contribution in [1.82, 2.24) is 19.7 Å². The van der Waals surface area contributed by atoms with Gasteiger partial charge in [-0.15, -0.1) is 0 Å². The standard InChI is InChI=1S/C11H17N5/c1-2-3-5-16-6-4-12-11(16)13-7-10-8-14-15-9-10/h4,6,8-9H,2-3,5,7H2,1H3,(H,12,13)(H,14,15). The number of imidazole rings is 1. The molecule has 2 aromatic heterocycles. The van der Waals surface area contributed by atoms with Crippen molar-refractivity contribution in [3.8, 4) is 0 Å². The molecule has 0 bridgehead atoms. The minimum Gasteiger partial charge on any atom is -0.351 e. The molecule has 0 amide bonds. The smallest absolute Gasteiger partial charge is 0.203 e. The van der Waals surface area contributed by atoms with E-state index in [4.69, 9.17) is 0 Å². The van der Waals surface area contributed by atoms with Crippen LogP contribution in [0.25, 0.3) is 0 Å². The van der Waals surface area contributed by atoms with E-state index in [1.807, 2.05) is 24.8 Å². The molecule has 16 heavy (non-hydrogen) atoms. The molecule has 2 N–H and O–H groups in total. The van der Waals surface area contributed by atoms with Crippen LogP contribution in [-0.4, -0.2) is 19.7 Å². The van der Waals surface area contributed by atoms with E-state index in [2.05, 4.69) is 32.0 Å². The first-order valence-electron chi connectivity index (χ1n) is 5.63. The molecule has 0 atom stereocenters. The summed E-state index contributed by atoms with van der Waals surface area (Å²) < 4.78 is 2.14. The molecule has 0 aliphatic rings. The van der Waals surface area contributed by atoms with Gasteiger partial charge in [-0.3, -0.25) is 5.10 Å². The number of aromatic nitrogens is 4. The third kappa shape index (κ3) is 2.62. The molecular formula is C11H17N5. The third-order valence-electron chi connectivity index (χ3n) is 2.47. The Morgan fingerprint density at radius 3 is 3.19 bits per heavy atom. The Morgan fingerprint density at radius 2 is 2.44 bits per heavy atom. The summed E-state index contributed by atoms with van der Waals surface area (Å²) in [5.41, 5.74) is 1.13. The molecule has 0 fully saturated rings. The average Bonchev–Trinajstić information content (AvgIpc) is 2.94. The summed E-state index contributed by atoms with van der Waals surface area (Å²) >= 11 is 0. The molecule has 2 rings (SSSR count). The van der Waals surface area contributed by atoms with Crippen LogP contribution < -0.4 is 5.32 Å². The molecule has 0 spiro atoms. The van der Waals surface area contributed by atoms with Gasteiger partial charge in [0.2, 0.25) is 5.95 Å². The molecule has 0 aliphatic carbocycles. The summed E-state index contributed by atoms with van der Waals surface area (Å²) in [7, 11) is 0. The third-order valence-corrected chi connectivity index (χ3v) is 2.47. The normalized spacial score (nSPS) is 10.6. The Hall–Kier alpha value is -1.78. The fourth-order valence-corrected chi connectivity index (χ4v) is 1.54. The van der Waals surface area contributed by atoms with Gasteiger partial charge in [-0.25, -0.2) is 4.98 Å². The number of anilines is 1. The molecule has 86 valence electrons. The highest BCUT2D eigenvalue weighted by molar-refractivity contribution is 5.27. The van der Waals surface area contributed by atoms with E-state index >= 15 is 0 Å². The molecule has 2 aromatic rings. The highest BCUT2D eigenvalue weighted by Gasteiger charge is 2.01. The van der Waals surface area contributed by atoms with Gasteiger partial charge in [0.05, 0.1) is 6.20 Å². The number of nitrogens with zero attached hydrogens (tertiary/aromatic N) is 3. The second-order valence-corrected chi connectivity index (χ2v) is 3.76. The summed E-state index contributed by atoms with van der Waals surface area (Å²) in [5, 5.41) is 9.99. The van der Waals surface area contributed by atoms with Crippen LogP contribution in [0.4, 0.5) is 5.95 Å². The molecule has 0 radical (unpaired) electrons. The topological polar surface area (TPSA) is 58.5 Å². The van der Waals surface area contributed by atoms with Crippen LogP contribution in [0, 0.1) is 0 Å². The fourth-order valence-electron chi connectivity index (χ4n) is 1.54. The highest BCUT2D eigenvalue weighted by atomic mass is 15.2. The Kier molecular flexibility index (Phi) is 3.58. The lowest BCUT2D eigenvalue weighted by molar-refractivity contribution is 0.635. The van der Waals surface area contributed by atoms with Crippen LogP contribution in [-0.2, 0) is 13.1 Å². The molecule has 0 aromatic carbocycles. The maximum atomic E-state index is 4.29. The largest absolute Gasteiger partial charge is 0.351 e. The number of hydrogen-bond donors (Lipinski definition) is 2. The van der Waals surface area contributed by atoms with Gasteiger partial charge in [-0.2, -0.15) is 5.10 Å². The van der Waals surface area contributed by atoms with Gasteiger partial charge in [0.25, 0.3) is 0 Å². The number of unbranched alkanes of at least 4 members (excludes halogenated alkanes) is 1. The van der Waals surface area contributed by atoms with Crippen molar-refractivity contribution in [2.75, 3.05) is 5.32 Å². The second kappa shape index (κ2) is 5.34. The first-order chi connectivity index (χ1) is 7.90. The van der Waals surface area contributed by atoms with Crippen molar-refractivity contribution in [2.24, 2.45) is 0 Å². The summed E-state index contributed by atoms with van der Waals surface area (Å²) in [4.78, 5) is 4.29. The lowest BCUT2D eigenvalue weighted by Gasteiger charge is -2.08. The SMILES string of the molecule is CCCCn1ccnc1NCc1cn[nH]c1. The molecule has 5 nitrogen and oxygen atoms in total. The summed E-state index contributed by atoms with van der Waals surface area (Å²) in [6.45, 7) is 3.96. The van der Waals surface area contributed by atoms with E-state index < -0.39 is 0 Å². The van der Waals surface area contributed by atoms with Crippen molar-refractivity contribution in [3.63, 3.8) is 0 Å². The zero-order valence-electron chi connectivity index (χ0n) is 9.48. The minimum atomic E-state index is 0.750. The van der Waals surface area contributed by atoms with E-state index in [1.54, 1.807) is 0 Å². The predicted molar refractivity (Wildman–Crippen MR) is 63.0 cm³/mol. The van der Waals surface area contributed by atoms with Gasteiger partial charge in [0, 0.05) is 37.2 Å². The number of H-pyrrole nitrogens is 1. The van der Waals surface area contributed by atoms with Gasteiger partial charge in [-0.05, 0) is 6.42 Å². The van der Waals surface area contributed by atoms with Crippen LogP contribution >= 0.6 is 0 Å². The van der Waals surface area contributed by atoms with Crippen LogP contribution in [0.3, 0.4) is 0 Å². The van der Waals surface area contributed by atoms with Crippen molar-refractivity contribution >= 4 is 5.95 Å². The quantitative estimate of drug-likeness (QED) is 0.781. The summed E-state index contributed by atoms with van der Waals surface area (Å²) in [6.07, 6.45) is 9.90. The van der Waals surface area contributed by atoms with Crippen molar-refractivity contribution in [2.45, 2.75) is 32.9 Å². The Morgan fingerprint density at radius 1 is 1.50 bits per heavy atom. The average molecular weight is 219 g/mol.